The molecule has 0 fully saturated rings. The summed E-state index contributed by atoms with van der Waals surface area (Å²) in [7, 11) is 3.26. The molecule has 6 heteroatoms. The zero-order valence-corrected chi connectivity index (χ0v) is 17.6. The van der Waals surface area contributed by atoms with E-state index in [9.17, 15) is 4.79 Å². The van der Waals surface area contributed by atoms with Crippen molar-refractivity contribution in [1.29, 1.82) is 0 Å². The van der Waals surface area contributed by atoms with E-state index in [4.69, 9.17) is 14.5 Å². The van der Waals surface area contributed by atoms with Crippen LogP contribution in [0.5, 0.6) is 0 Å². The maximum absolute atomic E-state index is 13.4. The van der Waals surface area contributed by atoms with Gasteiger partial charge in [-0.15, -0.1) is 0 Å². The van der Waals surface area contributed by atoms with Crippen molar-refractivity contribution in [2.45, 2.75) is 0 Å². The summed E-state index contributed by atoms with van der Waals surface area (Å²) in [6.45, 7) is 1.95. The molecule has 0 saturated heterocycles. The Bertz CT molecular complexity index is 936. The number of nitrogens with zero attached hydrogens (tertiary/aromatic N) is 2. The number of hydrogen-bond acceptors (Lipinski definition) is 4. The number of pyridine rings is 1. The normalized spacial score (nSPS) is 11.0. The summed E-state index contributed by atoms with van der Waals surface area (Å²) in [6, 6.07) is 17.5. The molecular formula is C22H23BrN2O3. The quantitative estimate of drug-likeness (QED) is 0.518. The molecule has 28 heavy (non-hydrogen) atoms. The number of ether oxygens (including phenoxy) is 2. The molecule has 0 atom stereocenters. The fourth-order valence-electron chi connectivity index (χ4n) is 3.01. The number of methoxy groups -OCH3 is 2. The second-order valence-corrected chi connectivity index (χ2v) is 7.27. The lowest BCUT2D eigenvalue weighted by Gasteiger charge is -2.23. The van der Waals surface area contributed by atoms with Crippen LogP contribution >= 0.6 is 15.9 Å². The van der Waals surface area contributed by atoms with Crippen LogP contribution in [-0.2, 0) is 9.47 Å². The molecule has 0 aliphatic carbocycles. The van der Waals surface area contributed by atoms with Crippen molar-refractivity contribution in [2.75, 3.05) is 40.5 Å². The van der Waals surface area contributed by atoms with Gasteiger partial charge in [-0.05, 0) is 24.3 Å². The van der Waals surface area contributed by atoms with Crippen LogP contribution in [0.1, 0.15) is 10.4 Å². The van der Waals surface area contributed by atoms with Crippen LogP contribution < -0.4 is 0 Å². The van der Waals surface area contributed by atoms with Gasteiger partial charge >= 0.3 is 0 Å². The van der Waals surface area contributed by atoms with Gasteiger partial charge in [-0.1, -0.05) is 46.3 Å². The lowest BCUT2D eigenvalue weighted by molar-refractivity contribution is 0.0629. The molecule has 3 rings (SSSR count). The summed E-state index contributed by atoms with van der Waals surface area (Å²) in [5.74, 6) is -0.0499. The molecule has 0 spiro atoms. The summed E-state index contributed by atoms with van der Waals surface area (Å²) in [5.41, 5.74) is 3.16. The number of rotatable bonds is 8. The average Bonchev–Trinajstić information content (AvgIpc) is 2.73. The number of benzene rings is 2. The average molecular weight is 443 g/mol. The van der Waals surface area contributed by atoms with Gasteiger partial charge in [0.1, 0.15) is 0 Å². The lowest BCUT2D eigenvalue weighted by atomic mass is 10.0. The fourth-order valence-corrected chi connectivity index (χ4v) is 3.27. The summed E-state index contributed by atoms with van der Waals surface area (Å²) in [4.78, 5) is 19.9. The van der Waals surface area contributed by atoms with Crippen LogP contribution in [0.4, 0.5) is 0 Å². The van der Waals surface area contributed by atoms with E-state index in [0.29, 0.717) is 31.9 Å². The van der Waals surface area contributed by atoms with E-state index < -0.39 is 0 Å². The standard InChI is InChI=1S/C22H23BrN2O3/c1-27-13-11-25(12-14-28-2)22(26)19-15-21(16-7-9-17(23)10-8-16)24-20-6-4-3-5-18(19)20/h3-10,15H,11-14H2,1-2H3. The van der Waals surface area contributed by atoms with E-state index in [1.165, 1.54) is 0 Å². The first kappa shape index (κ1) is 20.5. The Morgan fingerprint density at radius 1 is 1.00 bits per heavy atom. The number of hydrogen-bond donors (Lipinski definition) is 0. The van der Waals surface area contributed by atoms with Gasteiger partial charge in [-0.25, -0.2) is 4.98 Å². The van der Waals surface area contributed by atoms with Crippen LogP contribution in [-0.4, -0.2) is 56.3 Å². The highest BCUT2D eigenvalue weighted by Gasteiger charge is 2.20. The number of carbonyl (C=O) groups is 1. The third kappa shape index (κ3) is 4.76. The highest BCUT2D eigenvalue weighted by Crippen LogP contribution is 2.27. The Balaban J connectivity index is 2.06. The molecule has 5 nitrogen and oxygen atoms in total. The van der Waals surface area contributed by atoms with E-state index in [0.717, 1.165) is 26.6 Å². The largest absolute Gasteiger partial charge is 0.383 e. The summed E-state index contributed by atoms with van der Waals surface area (Å²) in [5, 5.41) is 0.841. The lowest BCUT2D eigenvalue weighted by Crippen LogP contribution is -2.36. The van der Waals surface area contributed by atoms with Crippen LogP contribution in [0, 0.1) is 0 Å². The Morgan fingerprint density at radius 2 is 1.64 bits per heavy atom. The van der Waals surface area contributed by atoms with Crippen LogP contribution in [0.25, 0.3) is 22.2 Å². The van der Waals surface area contributed by atoms with Gasteiger partial charge < -0.3 is 14.4 Å². The van der Waals surface area contributed by atoms with Crippen molar-refractivity contribution in [3.63, 3.8) is 0 Å². The zero-order valence-electron chi connectivity index (χ0n) is 16.0. The van der Waals surface area contributed by atoms with E-state index in [1.54, 1.807) is 19.1 Å². The van der Waals surface area contributed by atoms with Crippen molar-refractivity contribution in [3.8, 4) is 11.3 Å². The van der Waals surface area contributed by atoms with Crippen molar-refractivity contribution in [1.82, 2.24) is 9.88 Å². The van der Waals surface area contributed by atoms with Gasteiger partial charge in [0.15, 0.2) is 0 Å². The van der Waals surface area contributed by atoms with Crippen molar-refractivity contribution >= 4 is 32.7 Å². The highest BCUT2D eigenvalue weighted by atomic mass is 79.9. The van der Waals surface area contributed by atoms with Gasteiger partial charge in [0, 0.05) is 42.7 Å². The summed E-state index contributed by atoms with van der Waals surface area (Å²) >= 11 is 3.46. The van der Waals surface area contributed by atoms with Gasteiger partial charge in [-0.3, -0.25) is 4.79 Å². The second-order valence-electron chi connectivity index (χ2n) is 6.36. The smallest absolute Gasteiger partial charge is 0.254 e. The first-order valence-electron chi connectivity index (χ1n) is 9.07. The second kappa shape index (κ2) is 9.78. The number of halogens is 1. The molecule has 0 saturated carbocycles. The molecule has 1 aromatic heterocycles. The molecule has 2 aromatic carbocycles. The number of para-hydroxylation sites is 1. The first-order valence-corrected chi connectivity index (χ1v) is 9.86. The van der Waals surface area contributed by atoms with Gasteiger partial charge in [0.05, 0.1) is 30.0 Å². The minimum absolute atomic E-state index is 0.0499. The Labute approximate surface area is 173 Å². The van der Waals surface area contributed by atoms with Gasteiger partial charge in [0.25, 0.3) is 5.91 Å². The summed E-state index contributed by atoms with van der Waals surface area (Å²) in [6.07, 6.45) is 0. The monoisotopic (exact) mass is 442 g/mol. The molecule has 0 unspecified atom stereocenters. The third-order valence-corrected chi connectivity index (χ3v) is 5.03. The Kier molecular flexibility index (Phi) is 7.14. The van der Waals surface area contributed by atoms with Crippen LogP contribution in [0.2, 0.25) is 0 Å². The van der Waals surface area contributed by atoms with E-state index in [1.807, 2.05) is 54.6 Å². The molecule has 0 N–H and O–H groups in total. The molecular weight excluding hydrogens is 420 g/mol. The van der Waals surface area contributed by atoms with E-state index >= 15 is 0 Å². The molecule has 0 bridgehead atoms. The predicted octanol–water partition coefficient (Wildman–Crippen LogP) is 4.40. The molecule has 3 aromatic rings. The van der Waals surface area contributed by atoms with E-state index in [2.05, 4.69) is 15.9 Å². The number of carbonyl (C=O) groups excluding carboxylic acids is 1. The molecule has 1 heterocycles. The minimum Gasteiger partial charge on any atom is -0.383 e. The van der Waals surface area contributed by atoms with Crippen molar-refractivity contribution in [2.24, 2.45) is 0 Å². The van der Waals surface area contributed by atoms with Crippen molar-refractivity contribution in [3.05, 3.63) is 64.6 Å². The molecule has 146 valence electrons. The number of amides is 1. The summed E-state index contributed by atoms with van der Waals surface area (Å²) < 4.78 is 11.4. The van der Waals surface area contributed by atoms with Gasteiger partial charge in [-0.2, -0.15) is 0 Å². The molecule has 0 aliphatic heterocycles. The SMILES string of the molecule is COCCN(CCOC)C(=O)c1cc(-c2ccc(Br)cc2)nc2ccccc12. The predicted molar refractivity (Wildman–Crippen MR) is 115 cm³/mol. The third-order valence-electron chi connectivity index (χ3n) is 4.50. The Morgan fingerprint density at radius 3 is 2.29 bits per heavy atom. The minimum atomic E-state index is -0.0499. The zero-order chi connectivity index (χ0) is 19.9. The number of aromatic nitrogens is 1. The maximum Gasteiger partial charge on any atom is 0.254 e. The first-order chi connectivity index (χ1) is 13.6. The Hall–Kier alpha value is -2.28. The molecule has 0 aliphatic rings. The number of fused-ring (bicyclic) bond motifs is 1. The van der Waals surface area contributed by atoms with E-state index in [-0.39, 0.29) is 5.91 Å². The fraction of sp³-hybridized carbons (Fsp3) is 0.273. The molecule has 1 amide bonds. The van der Waals surface area contributed by atoms with Gasteiger partial charge in [0.2, 0.25) is 0 Å². The van der Waals surface area contributed by atoms with Crippen LogP contribution in [0.15, 0.2) is 59.1 Å². The highest BCUT2D eigenvalue weighted by molar-refractivity contribution is 9.10. The maximum atomic E-state index is 13.4. The van der Waals surface area contributed by atoms with Crippen molar-refractivity contribution < 1.29 is 14.3 Å². The van der Waals surface area contributed by atoms with Crippen LogP contribution in [0.3, 0.4) is 0 Å². The topological polar surface area (TPSA) is 51.7 Å². The molecule has 0 radical (unpaired) electrons.